The third-order valence-corrected chi connectivity index (χ3v) is 6.06. The Morgan fingerprint density at radius 2 is 1.96 bits per heavy atom. The van der Waals surface area contributed by atoms with Gasteiger partial charge in [0.25, 0.3) is 0 Å². The molecule has 0 aromatic heterocycles. The molecule has 134 valence electrons. The van der Waals surface area contributed by atoms with Crippen molar-refractivity contribution in [1.29, 1.82) is 0 Å². The fourth-order valence-electron chi connectivity index (χ4n) is 2.82. The molecule has 0 saturated carbocycles. The first kappa shape index (κ1) is 17.7. The summed E-state index contributed by atoms with van der Waals surface area (Å²) in [4.78, 5) is 2.18. The van der Waals surface area contributed by atoms with Crippen LogP contribution in [-0.4, -0.2) is 51.2 Å². The van der Waals surface area contributed by atoms with Gasteiger partial charge in [-0.25, -0.2) is 8.42 Å². The highest BCUT2D eigenvalue weighted by atomic mass is 32.2. The number of hydrogen-bond donors (Lipinski definition) is 1. The van der Waals surface area contributed by atoms with Crippen LogP contribution < -0.4 is 9.64 Å². The van der Waals surface area contributed by atoms with Gasteiger partial charge in [0.05, 0.1) is 23.7 Å². The monoisotopic (exact) mass is 362 g/mol. The maximum atomic E-state index is 13.1. The average molecular weight is 362 g/mol. The van der Waals surface area contributed by atoms with Crippen LogP contribution in [0.1, 0.15) is 5.56 Å². The highest BCUT2D eigenvalue weighted by Crippen LogP contribution is 2.33. The zero-order valence-corrected chi connectivity index (χ0v) is 14.9. The SMILES string of the molecule is CN1CCOc2ccc(S(=O)(=O)N(CCO)Cc3ccccc3)cc21. The van der Waals surface area contributed by atoms with E-state index in [9.17, 15) is 13.5 Å². The van der Waals surface area contributed by atoms with Gasteiger partial charge in [-0.3, -0.25) is 0 Å². The molecule has 3 rings (SSSR count). The minimum absolute atomic E-state index is 0.0423. The Bertz CT molecular complexity index is 824. The number of aliphatic hydroxyl groups excluding tert-OH is 1. The van der Waals surface area contributed by atoms with Crippen molar-refractivity contribution in [2.45, 2.75) is 11.4 Å². The molecule has 2 aromatic carbocycles. The smallest absolute Gasteiger partial charge is 0.243 e. The number of ether oxygens (including phenoxy) is 1. The number of benzene rings is 2. The van der Waals surface area contributed by atoms with Gasteiger partial charge in [-0.05, 0) is 23.8 Å². The first-order valence-corrected chi connectivity index (χ1v) is 9.59. The van der Waals surface area contributed by atoms with Gasteiger partial charge < -0.3 is 14.7 Å². The second-order valence-electron chi connectivity index (χ2n) is 5.95. The van der Waals surface area contributed by atoms with Crippen molar-refractivity contribution in [2.24, 2.45) is 0 Å². The number of nitrogens with zero attached hydrogens (tertiary/aromatic N) is 2. The average Bonchev–Trinajstić information content (AvgIpc) is 2.62. The first-order valence-electron chi connectivity index (χ1n) is 8.15. The Balaban J connectivity index is 1.93. The molecule has 7 heteroatoms. The summed E-state index contributed by atoms with van der Waals surface area (Å²) in [6.07, 6.45) is 0. The molecule has 0 saturated heterocycles. The third kappa shape index (κ3) is 3.78. The lowest BCUT2D eigenvalue weighted by molar-refractivity contribution is 0.251. The second kappa shape index (κ2) is 7.43. The highest BCUT2D eigenvalue weighted by Gasteiger charge is 2.26. The van der Waals surface area contributed by atoms with E-state index in [4.69, 9.17) is 4.74 Å². The van der Waals surface area contributed by atoms with E-state index in [1.807, 2.05) is 42.3 Å². The Morgan fingerprint density at radius 3 is 2.68 bits per heavy atom. The van der Waals surface area contributed by atoms with Crippen molar-refractivity contribution < 1.29 is 18.3 Å². The number of sulfonamides is 1. The van der Waals surface area contributed by atoms with Crippen LogP contribution in [0.25, 0.3) is 0 Å². The van der Waals surface area contributed by atoms with Gasteiger partial charge in [0.2, 0.25) is 10.0 Å². The number of anilines is 1. The zero-order valence-electron chi connectivity index (χ0n) is 14.1. The van der Waals surface area contributed by atoms with Crippen molar-refractivity contribution in [2.75, 3.05) is 38.3 Å². The van der Waals surface area contributed by atoms with E-state index in [2.05, 4.69) is 0 Å². The zero-order chi connectivity index (χ0) is 17.9. The Hall–Kier alpha value is -2.09. The van der Waals surface area contributed by atoms with Crippen LogP contribution in [-0.2, 0) is 16.6 Å². The molecule has 0 unspecified atom stereocenters. The van der Waals surface area contributed by atoms with Crippen molar-refractivity contribution in [3.05, 3.63) is 54.1 Å². The normalized spacial score (nSPS) is 14.3. The number of rotatable bonds is 6. The van der Waals surface area contributed by atoms with Gasteiger partial charge in [0, 0.05) is 20.1 Å². The van der Waals surface area contributed by atoms with E-state index in [-0.39, 0.29) is 24.6 Å². The molecule has 1 heterocycles. The molecule has 25 heavy (non-hydrogen) atoms. The molecule has 1 aliphatic rings. The van der Waals surface area contributed by atoms with Crippen molar-refractivity contribution in [3.63, 3.8) is 0 Å². The van der Waals surface area contributed by atoms with Crippen molar-refractivity contribution in [1.82, 2.24) is 4.31 Å². The Labute approximate surface area is 148 Å². The van der Waals surface area contributed by atoms with E-state index < -0.39 is 10.0 Å². The van der Waals surface area contributed by atoms with Gasteiger partial charge in [-0.1, -0.05) is 30.3 Å². The number of hydrogen-bond acceptors (Lipinski definition) is 5. The molecule has 0 aliphatic carbocycles. The lowest BCUT2D eigenvalue weighted by atomic mass is 10.2. The van der Waals surface area contributed by atoms with Gasteiger partial charge in [0.1, 0.15) is 12.4 Å². The Kier molecular flexibility index (Phi) is 5.27. The third-order valence-electron chi connectivity index (χ3n) is 4.21. The van der Waals surface area contributed by atoms with Crippen LogP contribution in [0.2, 0.25) is 0 Å². The number of fused-ring (bicyclic) bond motifs is 1. The summed E-state index contributed by atoms with van der Waals surface area (Å²) in [5.74, 6) is 0.685. The highest BCUT2D eigenvalue weighted by molar-refractivity contribution is 7.89. The standard InChI is InChI=1S/C18H22N2O4S/c1-19-10-12-24-18-8-7-16(13-17(18)19)25(22,23)20(9-11-21)14-15-5-3-2-4-6-15/h2-8,13,21H,9-12,14H2,1H3. The lowest BCUT2D eigenvalue weighted by Gasteiger charge is -2.29. The fourth-order valence-corrected chi connectivity index (χ4v) is 4.26. The summed E-state index contributed by atoms with van der Waals surface area (Å²) in [5, 5.41) is 9.32. The predicted molar refractivity (Wildman–Crippen MR) is 96.3 cm³/mol. The van der Waals surface area contributed by atoms with Crippen LogP contribution in [0.3, 0.4) is 0 Å². The van der Waals surface area contributed by atoms with Crippen LogP contribution >= 0.6 is 0 Å². The first-order chi connectivity index (χ1) is 12.0. The maximum Gasteiger partial charge on any atom is 0.243 e. The van der Waals surface area contributed by atoms with Crippen LogP contribution in [0, 0.1) is 0 Å². The minimum Gasteiger partial charge on any atom is -0.490 e. The minimum atomic E-state index is -3.73. The van der Waals surface area contributed by atoms with Crippen LogP contribution in [0.15, 0.2) is 53.4 Å². The van der Waals surface area contributed by atoms with Crippen molar-refractivity contribution in [3.8, 4) is 5.75 Å². The summed E-state index contributed by atoms with van der Waals surface area (Å²) in [6, 6.07) is 14.2. The lowest BCUT2D eigenvalue weighted by Crippen LogP contribution is -2.34. The predicted octanol–water partition coefficient (Wildman–Crippen LogP) is 1.70. The molecule has 6 nitrogen and oxygen atoms in total. The molecule has 0 spiro atoms. The summed E-state index contributed by atoms with van der Waals surface area (Å²) < 4.78 is 33.0. The molecular formula is C18H22N2O4S. The summed E-state index contributed by atoms with van der Waals surface area (Å²) in [7, 11) is -1.82. The summed E-state index contributed by atoms with van der Waals surface area (Å²) >= 11 is 0. The van der Waals surface area contributed by atoms with Crippen LogP contribution in [0.5, 0.6) is 5.75 Å². The molecular weight excluding hydrogens is 340 g/mol. The van der Waals surface area contributed by atoms with Gasteiger partial charge in [0.15, 0.2) is 0 Å². The van der Waals surface area contributed by atoms with Gasteiger partial charge in [-0.15, -0.1) is 0 Å². The van der Waals surface area contributed by atoms with Crippen molar-refractivity contribution >= 4 is 15.7 Å². The molecule has 0 radical (unpaired) electrons. The van der Waals surface area contributed by atoms with Gasteiger partial charge in [-0.2, -0.15) is 4.31 Å². The summed E-state index contributed by atoms with van der Waals surface area (Å²) in [6.45, 7) is 1.31. The topological polar surface area (TPSA) is 70.1 Å². The van der Waals surface area contributed by atoms with E-state index in [0.717, 1.165) is 11.3 Å². The molecule has 0 amide bonds. The molecule has 1 N–H and O–H groups in total. The quantitative estimate of drug-likeness (QED) is 0.847. The maximum absolute atomic E-state index is 13.1. The molecule has 0 fully saturated rings. The molecule has 0 atom stereocenters. The number of aliphatic hydroxyl groups is 1. The molecule has 2 aromatic rings. The largest absolute Gasteiger partial charge is 0.490 e. The van der Waals surface area contributed by atoms with E-state index >= 15 is 0 Å². The fraction of sp³-hybridized carbons (Fsp3) is 0.333. The van der Waals surface area contributed by atoms with E-state index in [1.54, 1.807) is 18.2 Å². The number of likely N-dealkylation sites (N-methyl/N-ethyl adjacent to an activating group) is 1. The Morgan fingerprint density at radius 1 is 1.20 bits per heavy atom. The molecule has 0 bridgehead atoms. The summed E-state index contributed by atoms with van der Waals surface area (Å²) in [5.41, 5.74) is 1.63. The molecule has 1 aliphatic heterocycles. The second-order valence-corrected chi connectivity index (χ2v) is 7.89. The van der Waals surface area contributed by atoms with Crippen LogP contribution in [0.4, 0.5) is 5.69 Å². The van der Waals surface area contributed by atoms with E-state index in [1.165, 1.54) is 4.31 Å². The van der Waals surface area contributed by atoms with E-state index in [0.29, 0.717) is 18.9 Å². The van der Waals surface area contributed by atoms with Gasteiger partial charge >= 0.3 is 0 Å².